The molecule has 1 aliphatic rings. The fraction of sp³-hybridized carbons (Fsp3) is 0.375. The summed E-state index contributed by atoms with van der Waals surface area (Å²) in [6.45, 7) is 0.890. The third kappa shape index (κ3) is 1.18. The highest BCUT2D eigenvalue weighted by molar-refractivity contribution is 5.18. The minimum atomic E-state index is -0.768. The van der Waals surface area contributed by atoms with Gasteiger partial charge < -0.3 is 5.32 Å². The molecule has 1 saturated heterocycles. The zero-order valence-corrected chi connectivity index (χ0v) is 6.35. The molecule has 0 aromatic carbocycles. The van der Waals surface area contributed by atoms with Crippen LogP contribution in [0.5, 0.6) is 0 Å². The van der Waals surface area contributed by atoms with Crippen molar-refractivity contribution in [3.8, 4) is 0 Å². The van der Waals surface area contributed by atoms with Gasteiger partial charge >= 0.3 is 0 Å². The molecular formula is C8H8F2N2. The van der Waals surface area contributed by atoms with Crippen molar-refractivity contribution in [3.05, 3.63) is 29.6 Å². The van der Waals surface area contributed by atoms with E-state index in [4.69, 9.17) is 0 Å². The number of nitrogens with one attached hydrogen (secondary N) is 1. The molecule has 0 spiro atoms. The lowest BCUT2D eigenvalue weighted by atomic mass is 10.00. The minimum Gasteiger partial charge on any atom is -0.310 e. The average Bonchev–Trinajstić information content (AvgIpc) is 1.91. The largest absolute Gasteiger partial charge is 0.310 e. The van der Waals surface area contributed by atoms with Gasteiger partial charge in [0, 0.05) is 11.6 Å². The molecule has 4 heteroatoms. The van der Waals surface area contributed by atoms with E-state index in [-0.39, 0.29) is 6.04 Å². The van der Waals surface area contributed by atoms with E-state index < -0.39 is 11.9 Å². The Morgan fingerprint density at radius 3 is 2.67 bits per heavy atom. The van der Waals surface area contributed by atoms with E-state index >= 15 is 0 Å². The maximum Gasteiger partial charge on any atom is 0.220 e. The molecule has 0 amide bonds. The summed E-state index contributed by atoms with van der Waals surface area (Å²) in [6.07, 6.45) is 0.893. The van der Waals surface area contributed by atoms with Crippen molar-refractivity contribution in [1.29, 1.82) is 0 Å². The van der Waals surface area contributed by atoms with E-state index in [1.165, 1.54) is 12.1 Å². The Balaban J connectivity index is 2.31. The van der Waals surface area contributed by atoms with E-state index in [1.54, 1.807) is 0 Å². The van der Waals surface area contributed by atoms with Crippen molar-refractivity contribution in [2.45, 2.75) is 12.5 Å². The molecule has 1 atom stereocenters. The van der Waals surface area contributed by atoms with E-state index in [0.29, 0.717) is 5.56 Å². The van der Waals surface area contributed by atoms with Crippen LogP contribution >= 0.6 is 0 Å². The molecule has 0 saturated carbocycles. The molecule has 1 aromatic rings. The molecule has 1 aromatic heterocycles. The zero-order valence-electron chi connectivity index (χ0n) is 6.35. The smallest absolute Gasteiger partial charge is 0.220 e. The van der Waals surface area contributed by atoms with Crippen LogP contribution in [0.4, 0.5) is 8.78 Å². The van der Waals surface area contributed by atoms with Gasteiger partial charge in [-0.3, -0.25) is 0 Å². The second-order valence-electron chi connectivity index (χ2n) is 2.81. The molecule has 0 bridgehead atoms. The van der Waals surface area contributed by atoms with Crippen LogP contribution in [0.1, 0.15) is 18.0 Å². The van der Waals surface area contributed by atoms with Crippen LogP contribution in [-0.2, 0) is 0 Å². The molecule has 1 fully saturated rings. The standard InChI is InChI=1S/C8H8F2N2/c9-7-2-1-5(8(10)12-7)6-3-4-11-6/h1-2,6,11H,3-4H2/t6-/m1/s1. The predicted octanol–water partition coefficient (Wildman–Crippen LogP) is 1.39. The van der Waals surface area contributed by atoms with Crippen LogP contribution in [-0.4, -0.2) is 11.5 Å². The molecule has 0 radical (unpaired) electrons. The summed E-state index contributed by atoms with van der Waals surface area (Å²) in [6, 6.07) is 2.64. The van der Waals surface area contributed by atoms with Gasteiger partial charge in [-0.15, -0.1) is 0 Å². The Bertz CT molecular complexity index is 297. The fourth-order valence-corrected chi connectivity index (χ4v) is 1.24. The first-order valence-electron chi connectivity index (χ1n) is 3.83. The van der Waals surface area contributed by atoms with Gasteiger partial charge in [-0.2, -0.15) is 13.8 Å². The van der Waals surface area contributed by atoms with Crippen LogP contribution in [0.25, 0.3) is 0 Å². The number of hydrogen-bond acceptors (Lipinski definition) is 2. The highest BCUT2D eigenvalue weighted by Crippen LogP contribution is 2.23. The quantitative estimate of drug-likeness (QED) is 0.644. The Morgan fingerprint density at radius 1 is 1.42 bits per heavy atom. The lowest BCUT2D eigenvalue weighted by Crippen LogP contribution is -2.35. The molecule has 1 N–H and O–H groups in total. The second-order valence-corrected chi connectivity index (χ2v) is 2.81. The lowest BCUT2D eigenvalue weighted by molar-refractivity contribution is 0.362. The highest BCUT2D eigenvalue weighted by Gasteiger charge is 2.22. The Kier molecular flexibility index (Phi) is 1.77. The zero-order chi connectivity index (χ0) is 8.55. The van der Waals surface area contributed by atoms with Crippen LogP contribution in [0, 0.1) is 11.9 Å². The SMILES string of the molecule is Fc1ccc([C@H]2CCN2)c(F)n1. The van der Waals surface area contributed by atoms with E-state index in [9.17, 15) is 8.78 Å². The topological polar surface area (TPSA) is 24.9 Å². The van der Waals surface area contributed by atoms with Crippen molar-refractivity contribution < 1.29 is 8.78 Å². The van der Waals surface area contributed by atoms with E-state index in [1.807, 2.05) is 0 Å². The number of nitrogens with zero attached hydrogens (tertiary/aromatic N) is 1. The van der Waals surface area contributed by atoms with Gasteiger partial charge in [0.2, 0.25) is 11.9 Å². The first kappa shape index (κ1) is 7.61. The summed E-state index contributed by atoms with van der Waals surface area (Å²) in [5.41, 5.74) is 0.461. The van der Waals surface area contributed by atoms with Crippen molar-refractivity contribution in [2.75, 3.05) is 6.54 Å². The summed E-state index contributed by atoms with van der Waals surface area (Å²) in [7, 11) is 0. The predicted molar refractivity (Wildman–Crippen MR) is 39.5 cm³/mol. The Labute approximate surface area is 68.6 Å². The van der Waals surface area contributed by atoms with Crippen molar-refractivity contribution in [1.82, 2.24) is 10.3 Å². The molecule has 64 valence electrons. The minimum absolute atomic E-state index is 0.0260. The highest BCUT2D eigenvalue weighted by atomic mass is 19.1. The molecule has 2 nitrogen and oxygen atoms in total. The van der Waals surface area contributed by atoms with E-state index in [0.717, 1.165) is 13.0 Å². The summed E-state index contributed by atoms with van der Waals surface area (Å²) < 4.78 is 25.3. The molecule has 0 aliphatic carbocycles. The number of halogens is 2. The molecule has 12 heavy (non-hydrogen) atoms. The third-order valence-corrected chi connectivity index (χ3v) is 2.04. The number of pyridine rings is 1. The average molecular weight is 170 g/mol. The van der Waals surface area contributed by atoms with Crippen LogP contribution < -0.4 is 5.32 Å². The maximum atomic E-state index is 12.9. The fourth-order valence-electron chi connectivity index (χ4n) is 1.24. The summed E-state index contributed by atoms with van der Waals surface area (Å²) in [5.74, 6) is -1.47. The van der Waals surface area contributed by atoms with E-state index in [2.05, 4.69) is 10.3 Å². The van der Waals surface area contributed by atoms with Gasteiger partial charge in [0.1, 0.15) is 0 Å². The number of hydrogen-bond donors (Lipinski definition) is 1. The van der Waals surface area contributed by atoms with Gasteiger partial charge in [-0.25, -0.2) is 0 Å². The molecule has 0 unspecified atom stereocenters. The first-order valence-corrected chi connectivity index (χ1v) is 3.83. The monoisotopic (exact) mass is 170 g/mol. The first-order chi connectivity index (χ1) is 5.77. The van der Waals surface area contributed by atoms with Gasteiger partial charge in [-0.1, -0.05) is 0 Å². The molecule has 2 heterocycles. The van der Waals surface area contributed by atoms with Crippen molar-refractivity contribution in [3.63, 3.8) is 0 Å². The molecular weight excluding hydrogens is 162 g/mol. The normalized spacial score (nSPS) is 22.0. The van der Waals surface area contributed by atoms with Gasteiger partial charge in [0.15, 0.2) is 0 Å². The summed E-state index contributed by atoms with van der Waals surface area (Å²) in [4.78, 5) is 3.10. The van der Waals surface area contributed by atoms with Gasteiger partial charge in [0.05, 0.1) is 0 Å². The van der Waals surface area contributed by atoms with Gasteiger partial charge in [0.25, 0.3) is 0 Å². The molecule has 1 aliphatic heterocycles. The summed E-state index contributed by atoms with van der Waals surface area (Å²) >= 11 is 0. The maximum absolute atomic E-state index is 12.9. The van der Waals surface area contributed by atoms with Crippen molar-refractivity contribution in [2.24, 2.45) is 0 Å². The number of aromatic nitrogens is 1. The number of rotatable bonds is 1. The van der Waals surface area contributed by atoms with Crippen LogP contribution in [0.15, 0.2) is 12.1 Å². The summed E-state index contributed by atoms with van der Waals surface area (Å²) in [5, 5.41) is 3.02. The van der Waals surface area contributed by atoms with Crippen LogP contribution in [0.2, 0.25) is 0 Å². The third-order valence-electron chi connectivity index (χ3n) is 2.04. The Hall–Kier alpha value is -1.03. The lowest BCUT2D eigenvalue weighted by Gasteiger charge is -2.27. The van der Waals surface area contributed by atoms with Crippen molar-refractivity contribution >= 4 is 0 Å². The second kappa shape index (κ2) is 2.79. The molecule has 2 rings (SSSR count). The van der Waals surface area contributed by atoms with Crippen LogP contribution in [0.3, 0.4) is 0 Å². The van der Waals surface area contributed by atoms with Gasteiger partial charge in [-0.05, 0) is 25.1 Å². The Morgan fingerprint density at radius 2 is 2.17 bits per heavy atom.